The zero-order valence-corrected chi connectivity index (χ0v) is 6.14. The van der Waals surface area contributed by atoms with Crippen molar-refractivity contribution < 1.29 is 9.59 Å². The van der Waals surface area contributed by atoms with E-state index < -0.39 is 0 Å². The van der Waals surface area contributed by atoms with Crippen LogP contribution in [0.1, 0.15) is 13.3 Å². The molecule has 0 amide bonds. The fraction of sp³-hybridized carbons (Fsp3) is 1.00. The molecule has 1 N–H and O–H groups in total. The topological polar surface area (TPSA) is 20.2 Å². The van der Waals surface area contributed by atoms with Gasteiger partial charge in [-0.05, 0) is 6.42 Å². The van der Waals surface area contributed by atoms with Gasteiger partial charge in [-0.25, -0.2) is 0 Å². The van der Waals surface area contributed by atoms with Crippen molar-refractivity contribution in [3.05, 3.63) is 0 Å². The van der Waals surface area contributed by atoms with Crippen LogP contribution in [0, 0.1) is 0 Å². The predicted octanol–water partition coefficient (Wildman–Crippen LogP) is 0.219. The largest absolute Gasteiger partial charge is 0.391 e. The molecule has 1 aliphatic heterocycles. The van der Waals surface area contributed by atoms with Crippen molar-refractivity contribution in [3.8, 4) is 0 Å². The van der Waals surface area contributed by atoms with Crippen LogP contribution in [0.3, 0.4) is 0 Å². The van der Waals surface area contributed by atoms with Crippen LogP contribution < -0.4 is 0 Å². The molecule has 1 rings (SSSR count). The van der Waals surface area contributed by atoms with Gasteiger partial charge in [0.15, 0.2) is 0 Å². The van der Waals surface area contributed by atoms with Gasteiger partial charge in [-0.3, -0.25) is 0 Å². The molecule has 0 atom stereocenters. The van der Waals surface area contributed by atoms with Crippen LogP contribution in [0.4, 0.5) is 0 Å². The zero-order valence-electron chi connectivity index (χ0n) is 6.14. The summed E-state index contributed by atoms with van der Waals surface area (Å²) >= 11 is 0. The first-order valence-electron chi connectivity index (χ1n) is 3.79. The maximum Gasteiger partial charge on any atom is 0.129 e. The normalized spacial score (nSPS) is 22.0. The van der Waals surface area contributed by atoms with Crippen molar-refractivity contribution in [3.63, 3.8) is 0 Å². The molecule has 0 unspecified atom stereocenters. The number of aliphatic hydroxyl groups excluding tert-OH is 1. The second-order valence-corrected chi connectivity index (χ2v) is 2.96. The highest BCUT2D eigenvalue weighted by molar-refractivity contribution is 4.55. The first-order valence-corrected chi connectivity index (χ1v) is 3.79. The Morgan fingerprint density at radius 1 is 1.33 bits per heavy atom. The van der Waals surface area contributed by atoms with E-state index in [0.29, 0.717) is 6.61 Å². The molecular weight excluding hydrogens is 114 g/mol. The molecule has 0 radical (unpaired) electrons. The minimum Gasteiger partial charge on any atom is -0.391 e. The van der Waals surface area contributed by atoms with Crippen molar-refractivity contribution in [2.75, 3.05) is 32.8 Å². The molecular formula is C7H16NO+. The number of hydrogen-bond donors (Lipinski definition) is 1. The summed E-state index contributed by atoms with van der Waals surface area (Å²) in [6.07, 6.45) is 1.25. The van der Waals surface area contributed by atoms with Crippen molar-refractivity contribution in [1.82, 2.24) is 0 Å². The fourth-order valence-electron chi connectivity index (χ4n) is 1.39. The van der Waals surface area contributed by atoms with Gasteiger partial charge >= 0.3 is 0 Å². The molecule has 0 bridgehead atoms. The lowest BCUT2D eigenvalue weighted by molar-refractivity contribution is -0.800. The van der Waals surface area contributed by atoms with E-state index in [1.807, 2.05) is 0 Å². The van der Waals surface area contributed by atoms with E-state index in [1.165, 1.54) is 30.5 Å². The lowest BCUT2D eigenvalue weighted by atomic mass is 10.4. The third kappa shape index (κ3) is 1.66. The van der Waals surface area contributed by atoms with Crippen LogP contribution in [-0.4, -0.2) is 42.4 Å². The number of hydrogen-bond acceptors (Lipinski definition) is 1. The second-order valence-electron chi connectivity index (χ2n) is 2.96. The summed E-state index contributed by atoms with van der Waals surface area (Å²) in [5.74, 6) is 0. The summed E-state index contributed by atoms with van der Waals surface area (Å²) in [6, 6.07) is 0. The van der Waals surface area contributed by atoms with Gasteiger partial charge in [-0.15, -0.1) is 0 Å². The van der Waals surface area contributed by atoms with E-state index >= 15 is 0 Å². The van der Waals surface area contributed by atoms with E-state index in [4.69, 9.17) is 5.11 Å². The van der Waals surface area contributed by atoms with Gasteiger partial charge in [-0.1, -0.05) is 6.92 Å². The quantitative estimate of drug-likeness (QED) is 0.426. The van der Waals surface area contributed by atoms with Gasteiger partial charge < -0.3 is 9.59 Å². The first kappa shape index (κ1) is 7.03. The Labute approximate surface area is 56.7 Å². The SMILES string of the molecule is CCC[N+]1(CCO)CC1. The standard InChI is InChI=1S/C7H16NO/c1-2-3-8(4-5-8)6-7-9/h9H,2-7H2,1H3/q+1. The van der Waals surface area contributed by atoms with E-state index in [2.05, 4.69) is 6.92 Å². The minimum atomic E-state index is 0.361. The molecule has 9 heavy (non-hydrogen) atoms. The summed E-state index contributed by atoms with van der Waals surface area (Å²) in [7, 11) is 0. The van der Waals surface area contributed by atoms with Crippen LogP contribution >= 0.6 is 0 Å². The maximum absolute atomic E-state index is 8.65. The van der Waals surface area contributed by atoms with Crippen LogP contribution in [0.2, 0.25) is 0 Å². The van der Waals surface area contributed by atoms with E-state index in [9.17, 15) is 0 Å². The summed E-state index contributed by atoms with van der Waals surface area (Å²) in [4.78, 5) is 0. The molecule has 2 heteroatoms. The van der Waals surface area contributed by atoms with Crippen LogP contribution in [-0.2, 0) is 0 Å². The molecule has 1 saturated heterocycles. The van der Waals surface area contributed by atoms with Crippen molar-refractivity contribution in [2.24, 2.45) is 0 Å². The molecule has 2 nitrogen and oxygen atoms in total. The Morgan fingerprint density at radius 3 is 2.33 bits per heavy atom. The zero-order chi connectivity index (χ0) is 6.74. The van der Waals surface area contributed by atoms with Gasteiger partial charge in [0.25, 0.3) is 0 Å². The number of aliphatic hydroxyl groups is 1. The lowest BCUT2D eigenvalue weighted by Crippen LogP contribution is -2.29. The molecule has 1 heterocycles. The summed E-state index contributed by atoms with van der Waals surface area (Å²) < 4.78 is 1.19. The summed E-state index contributed by atoms with van der Waals surface area (Å²) in [5.41, 5.74) is 0. The third-order valence-corrected chi connectivity index (χ3v) is 2.13. The molecule has 54 valence electrons. The van der Waals surface area contributed by atoms with Gasteiger partial charge in [0.05, 0.1) is 13.2 Å². The highest BCUT2D eigenvalue weighted by Crippen LogP contribution is 2.20. The van der Waals surface area contributed by atoms with E-state index in [1.54, 1.807) is 0 Å². The summed E-state index contributed by atoms with van der Waals surface area (Å²) in [6.45, 7) is 7.41. The van der Waals surface area contributed by atoms with E-state index in [-0.39, 0.29) is 0 Å². The van der Waals surface area contributed by atoms with Crippen LogP contribution in [0.5, 0.6) is 0 Å². The molecule has 0 aromatic heterocycles. The second kappa shape index (κ2) is 2.67. The molecule has 1 aliphatic rings. The Kier molecular flexibility index (Phi) is 2.09. The van der Waals surface area contributed by atoms with Crippen molar-refractivity contribution >= 4 is 0 Å². The average Bonchev–Trinajstić information content (AvgIpc) is 2.51. The Morgan fingerprint density at radius 2 is 2.00 bits per heavy atom. The third-order valence-electron chi connectivity index (χ3n) is 2.13. The van der Waals surface area contributed by atoms with Crippen molar-refractivity contribution in [1.29, 1.82) is 0 Å². The van der Waals surface area contributed by atoms with Gasteiger partial charge in [0.1, 0.15) is 19.6 Å². The maximum atomic E-state index is 8.65. The molecule has 0 aliphatic carbocycles. The van der Waals surface area contributed by atoms with E-state index in [0.717, 1.165) is 6.54 Å². The van der Waals surface area contributed by atoms with Gasteiger partial charge in [-0.2, -0.15) is 0 Å². The fourth-order valence-corrected chi connectivity index (χ4v) is 1.39. The lowest BCUT2D eigenvalue weighted by Gasteiger charge is -2.14. The van der Waals surface area contributed by atoms with Crippen LogP contribution in [0.25, 0.3) is 0 Å². The average molecular weight is 130 g/mol. The highest BCUT2D eigenvalue weighted by atomic mass is 16.3. The molecule has 1 fully saturated rings. The minimum absolute atomic E-state index is 0.361. The number of quaternary nitrogens is 1. The van der Waals surface area contributed by atoms with Gasteiger partial charge in [0.2, 0.25) is 0 Å². The Hall–Kier alpha value is -0.0800. The highest BCUT2D eigenvalue weighted by Gasteiger charge is 2.39. The number of nitrogens with zero attached hydrogens (tertiary/aromatic N) is 1. The molecule has 0 aromatic carbocycles. The van der Waals surface area contributed by atoms with Crippen LogP contribution in [0.15, 0.2) is 0 Å². The number of rotatable bonds is 4. The van der Waals surface area contributed by atoms with Gasteiger partial charge in [0, 0.05) is 0 Å². The smallest absolute Gasteiger partial charge is 0.129 e. The Balaban J connectivity index is 2.17. The molecule has 0 aromatic rings. The molecule has 0 saturated carbocycles. The summed E-state index contributed by atoms with van der Waals surface area (Å²) in [5, 5.41) is 8.65. The Bertz CT molecular complexity index is 80.9. The monoisotopic (exact) mass is 130 g/mol. The predicted molar refractivity (Wildman–Crippen MR) is 37.1 cm³/mol. The molecule has 0 spiro atoms. The van der Waals surface area contributed by atoms with Crippen molar-refractivity contribution in [2.45, 2.75) is 13.3 Å². The first-order chi connectivity index (χ1) is 4.33.